The molecule has 34 heavy (non-hydrogen) atoms. The van der Waals surface area contributed by atoms with Crippen LogP contribution in [0.5, 0.6) is 0 Å². The Hall–Kier alpha value is -2.84. The minimum atomic E-state index is -1.03. The number of anilines is 2. The number of aryl methyl sites for hydroxylation is 2. The zero-order valence-electron chi connectivity index (χ0n) is 19.3. The fraction of sp³-hybridized carbons (Fsp3) is 0.462. The molecule has 2 atom stereocenters. The third-order valence-corrected chi connectivity index (χ3v) is 9.34. The van der Waals surface area contributed by atoms with E-state index in [0.29, 0.717) is 24.7 Å². The lowest BCUT2D eigenvalue weighted by Crippen LogP contribution is -2.61. The molecule has 4 aliphatic carbocycles. The first kappa shape index (κ1) is 21.7. The molecule has 0 radical (unpaired) electrons. The zero-order chi connectivity index (χ0) is 23.7. The smallest absolute Gasteiger partial charge is 0.309 e. The van der Waals surface area contributed by atoms with Crippen molar-refractivity contribution < 1.29 is 15.0 Å². The van der Waals surface area contributed by atoms with Gasteiger partial charge in [-0.15, -0.1) is 11.3 Å². The highest BCUT2D eigenvalue weighted by Crippen LogP contribution is 2.66. The Morgan fingerprint density at radius 3 is 2.59 bits per heavy atom. The van der Waals surface area contributed by atoms with E-state index >= 15 is 0 Å². The van der Waals surface area contributed by atoms with Gasteiger partial charge in [0.2, 0.25) is 5.95 Å². The molecule has 2 heterocycles. The second kappa shape index (κ2) is 7.58. The maximum Gasteiger partial charge on any atom is 0.309 e. The molecule has 0 saturated heterocycles. The highest BCUT2D eigenvalue weighted by Gasteiger charge is 2.65. The van der Waals surface area contributed by atoms with Gasteiger partial charge in [0.1, 0.15) is 10.6 Å². The first-order chi connectivity index (χ1) is 16.2. The summed E-state index contributed by atoms with van der Waals surface area (Å²) in [5.41, 5.74) is 2.22. The van der Waals surface area contributed by atoms with Crippen molar-refractivity contribution in [3.05, 3.63) is 52.9 Å². The van der Waals surface area contributed by atoms with Crippen molar-refractivity contribution in [3.63, 3.8) is 0 Å². The van der Waals surface area contributed by atoms with Gasteiger partial charge in [0.05, 0.1) is 10.3 Å². The lowest BCUT2D eigenvalue weighted by molar-refractivity contribution is -0.216. The standard InChI is InChI=1S/C26H28N4O3S/c1-14-5-17(9-20(6-14)30-24-27-4-3-15(2)29-24)21-13-28-22(34-21)26(33)18-7-16-8-19(26)12-25(10-16,11-18)23(31)32/h3-6,9,13,16,18-19,33H,7-8,10-12H2,1-2H3,(H,31,32)(H,27,29,30)/t16?,18-,19-,25?,26?/m0/s1. The number of thiazole rings is 1. The average Bonchev–Trinajstić information content (AvgIpc) is 3.27. The number of aromatic nitrogens is 3. The van der Waals surface area contributed by atoms with E-state index < -0.39 is 17.0 Å². The molecule has 3 aromatic rings. The number of rotatable bonds is 5. The minimum Gasteiger partial charge on any atom is -0.481 e. The van der Waals surface area contributed by atoms with Gasteiger partial charge in [-0.1, -0.05) is 6.07 Å². The Bertz CT molecular complexity index is 1270. The van der Waals surface area contributed by atoms with Crippen molar-refractivity contribution in [1.29, 1.82) is 0 Å². The second-order valence-electron chi connectivity index (χ2n) is 10.5. The van der Waals surface area contributed by atoms with Crippen LogP contribution in [-0.4, -0.2) is 31.1 Å². The van der Waals surface area contributed by atoms with Gasteiger partial charge < -0.3 is 15.5 Å². The number of aliphatic carboxylic acids is 1. The fourth-order valence-corrected chi connectivity index (χ4v) is 7.98. The Labute approximate surface area is 202 Å². The zero-order valence-corrected chi connectivity index (χ0v) is 20.1. The molecule has 3 N–H and O–H groups in total. The Balaban J connectivity index is 1.31. The molecule has 0 aliphatic heterocycles. The summed E-state index contributed by atoms with van der Waals surface area (Å²) in [6.07, 6.45) is 7.23. The van der Waals surface area contributed by atoms with Crippen molar-refractivity contribution in [2.24, 2.45) is 23.2 Å². The van der Waals surface area contributed by atoms with Gasteiger partial charge in [-0.25, -0.2) is 15.0 Å². The van der Waals surface area contributed by atoms with Crippen molar-refractivity contribution in [2.75, 3.05) is 5.32 Å². The molecule has 4 aliphatic rings. The van der Waals surface area contributed by atoms with Crippen LogP contribution in [-0.2, 0) is 10.4 Å². The number of benzene rings is 1. The third-order valence-electron chi connectivity index (χ3n) is 8.15. The summed E-state index contributed by atoms with van der Waals surface area (Å²) >= 11 is 1.53. The lowest BCUT2D eigenvalue weighted by atomic mass is 9.44. The molecule has 0 unspecified atom stereocenters. The van der Waals surface area contributed by atoms with E-state index in [1.54, 1.807) is 6.20 Å². The first-order valence-electron chi connectivity index (χ1n) is 11.9. The molecule has 0 amide bonds. The first-order valence-corrected chi connectivity index (χ1v) is 12.7. The van der Waals surface area contributed by atoms with Crippen LogP contribution in [0.25, 0.3) is 10.4 Å². The Morgan fingerprint density at radius 1 is 1.12 bits per heavy atom. The van der Waals surface area contributed by atoms with Crippen LogP contribution in [0, 0.1) is 37.0 Å². The van der Waals surface area contributed by atoms with Crippen LogP contribution in [0.15, 0.2) is 36.7 Å². The van der Waals surface area contributed by atoms with Gasteiger partial charge in [0, 0.05) is 23.8 Å². The molecule has 4 fully saturated rings. The van der Waals surface area contributed by atoms with E-state index in [9.17, 15) is 15.0 Å². The number of nitrogens with zero attached hydrogens (tertiary/aromatic N) is 3. The van der Waals surface area contributed by atoms with Gasteiger partial charge in [0.25, 0.3) is 0 Å². The minimum absolute atomic E-state index is 0.0398. The molecule has 2 aromatic heterocycles. The maximum absolute atomic E-state index is 12.1. The number of hydrogen-bond acceptors (Lipinski definition) is 7. The van der Waals surface area contributed by atoms with Gasteiger partial charge >= 0.3 is 5.97 Å². The summed E-state index contributed by atoms with van der Waals surface area (Å²) in [5, 5.41) is 25.9. The summed E-state index contributed by atoms with van der Waals surface area (Å²) in [6.45, 7) is 3.98. The normalized spacial score (nSPS) is 31.6. The van der Waals surface area contributed by atoms with E-state index in [0.717, 1.165) is 51.7 Å². The SMILES string of the molecule is Cc1cc(Nc2nccc(C)n2)cc(-c2cnc(C3(O)[C@H]4CC5C[C@H]3CC(C(=O)O)(C5)C4)s2)c1. The quantitative estimate of drug-likeness (QED) is 0.472. The van der Waals surface area contributed by atoms with Gasteiger partial charge in [-0.05, 0) is 93.0 Å². The van der Waals surface area contributed by atoms with E-state index in [-0.39, 0.29) is 11.8 Å². The monoisotopic (exact) mass is 476 g/mol. The molecule has 0 spiro atoms. The molecule has 176 valence electrons. The number of hydrogen-bond donors (Lipinski definition) is 3. The number of carboxylic acids is 1. The maximum atomic E-state index is 12.1. The van der Waals surface area contributed by atoms with Crippen LogP contribution in [0.2, 0.25) is 0 Å². The third kappa shape index (κ3) is 3.34. The van der Waals surface area contributed by atoms with E-state index in [4.69, 9.17) is 4.98 Å². The largest absolute Gasteiger partial charge is 0.481 e. The summed E-state index contributed by atoms with van der Waals surface area (Å²) in [4.78, 5) is 26.5. The van der Waals surface area contributed by atoms with Crippen LogP contribution in [0.1, 0.15) is 48.4 Å². The topological polar surface area (TPSA) is 108 Å². The fourth-order valence-electron chi connectivity index (χ4n) is 6.82. The van der Waals surface area contributed by atoms with Crippen LogP contribution >= 0.6 is 11.3 Å². The number of carboxylic acid groups (broad SMARTS) is 1. The molecule has 7 nitrogen and oxygen atoms in total. The van der Waals surface area contributed by atoms with Crippen molar-refractivity contribution in [1.82, 2.24) is 15.0 Å². The summed E-state index contributed by atoms with van der Waals surface area (Å²) in [5.74, 6) is 0.189. The molecule has 8 heteroatoms. The molecule has 4 saturated carbocycles. The predicted molar refractivity (Wildman–Crippen MR) is 130 cm³/mol. The number of aliphatic hydroxyl groups is 1. The average molecular weight is 477 g/mol. The lowest BCUT2D eigenvalue weighted by Gasteiger charge is -2.61. The van der Waals surface area contributed by atoms with Gasteiger partial charge in [-0.3, -0.25) is 4.79 Å². The van der Waals surface area contributed by atoms with Crippen molar-refractivity contribution in [3.8, 4) is 10.4 Å². The highest BCUT2D eigenvalue weighted by molar-refractivity contribution is 7.15. The number of nitrogens with one attached hydrogen (secondary N) is 1. The van der Waals surface area contributed by atoms with Crippen LogP contribution < -0.4 is 5.32 Å². The molecule has 4 bridgehead atoms. The van der Waals surface area contributed by atoms with Gasteiger partial charge in [-0.2, -0.15) is 0 Å². The Morgan fingerprint density at radius 2 is 1.88 bits per heavy atom. The predicted octanol–water partition coefficient (Wildman–Crippen LogP) is 5.06. The Kier molecular flexibility index (Phi) is 4.83. The van der Waals surface area contributed by atoms with Crippen molar-refractivity contribution in [2.45, 2.75) is 51.6 Å². The molecule has 7 rings (SSSR count). The number of carbonyl (C=O) groups is 1. The summed E-state index contributed by atoms with van der Waals surface area (Å²) < 4.78 is 0. The van der Waals surface area contributed by atoms with Crippen LogP contribution in [0.4, 0.5) is 11.6 Å². The highest BCUT2D eigenvalue weighted by atomic mass is 32.1. The van der Waals surface area contributed by atoms with Crippen molar-refractivity contribution >= 4 is 28.9 Å². The van der Waals surface area contributed by atoms with Crippen LogP contribution in [0.3, 0.4) is 0 Å². The van der Waals surface area contributed by atoms with E-state index in [1.807, 2.05) is 32.2 Å². The molecular weight excluding hydrogens is 448 g/mol. The molecule has 1 aromatic carbocycles. The van der Waals surface area contributed by atoms with E-state index in [2.05, 4.69) is 27.4 Å². The van der Waals surface area contributed by atoms with E-state index in [1.165, 1.54) is 11.3 Å². The molecular formula is C26H28N4O3S. The van der Waals surface area contributed by atoms with Gasteiger partial charge in [0.15, 0.2) is 0 Å². The summed E-state index contributed by atoms with van der Waals surface area (Å²) in [7, 11) is 0. The second-order valence-corrected chi connectivity index (χ2v) is 11.5. The summed E-state index contributed by atoms with van der Waals surface area (Å²) in [6, 6.07) is 8.07.